The second-order valence-corrected chi connectivity index (χ2v) is 6.63. The van der Waals surface area contributed by atoms with Gasteiger partial charge in [-0.05, 0) is 28.4 Å². The molecule has 0 bridgehead atoms. The van der Waals surface area contributed by atoms with E-state index in [9.17, 15) is 9.50 Å². The van der Waals surface area contributed by atoms with E-state index in [1.165, 1.54) is 44.9 Å². The standard InChI is InChI=1S/C18H28BrFO/c1-2-3-4-5-6-7-8-9-10-14-17(21)15-12-11-13-16(19)18(15)20/h11-13,17,21H,2-10,14H2,1H3. The molecule has 0 saturated carbocycles. The lowest BCUT2D eigenvalue weighted by Gasteiger charge is -2.12. The lowest BCUT2D eigenvalue weighted by Crippen LogP contribution is -2.01. The molecule has 0 fully saturated rings. The van der Waals surface area contributed by atoms with Crippen molar-refractivity contribution in [1.29, 1.82) is 0 Å². The summed E-state index contributed by atoms with van der Waals surface area (Å²) < 4.78 is 14.2. The molecule has 1 unspecified atom stereocenters. The Balaban J connectivity index is 2.11. The van der Waals surface area contributed by atoms with Crippen molar-refractivity contribution >= 4 is 15.9 Å². The lowest BCUT2D eigenvalue weighted by molar-refractivity contribution is 0.158. The highest BCUT2D eigenvalue weighted by Crippen LogP contribution is 2.27. The third-order valence-corrected chi connectivity index (χ3v) is 4.53. The quantitative estimate of drug-likeness (QED) is 0.445. The Morgan fingerprint density at radius 1 is 1.00 bits per heavy atom. The summed E-state index contributed by atoms with van der Waals surface area (Å²) in [5.41, 5.74) is 0.406. The van der Waals surface area contributed by atoms with Gasteiger partial charge in [-0.15, -0.1) is 0 Å². The van der Waals surface area contributed by atoms with Gasteiger partial charge in [0.2, 0.25) is 0 Å². The van der Waals surface area contributed by atoms with Crippen LogP contribution < -0.4 is 0 Å². The van der Waals surface area contributed by atoms with Crippen LogP contribution in [0.2, 0.25) is 0 Å². The maximum Gasteiger partial charge on any atom is 0.143 e. The van der Waals surface area contributed by atoms with Crippen LogP contribution in [0.3, 0.4) is 0 Å². The zero-order chi connectivity index (χ0) is 15.5. The summed E-state index contributed by atoms with van der Waals surface area (Å²) in [5, 5.41) is 10.1. The van der Waals surface area contributed by atoms with E-state index in [1.54, 1.807) is 18.2 Å². The minimum absolute atomic E-state index is 0.332. The summed E-state index contributed by atoms with van der Waals surface area (Å²) in [6.07, 6.45) is 11.2. The molecule has 1 atom stereocenters. The largest absolute Gasteiger partial charge is 0.388 e. The molecule has 120 valence electrons. The summed E-state index contributed by atoms with van der Waals surface area (Å²) in [6.45, 7) is 2.24. The molecule has 3 heteroatoms. The normalized spacial score (nSPS) is 12.6. The molecule has 1 aromatic carbocycles. The third-order valence-electron chi connectivity index (χ3n) is 3.92. The Bertz CT molecular complexity index is 395. The molecule has 1 N–H and O–H groups in total. The van der Waals surface area contributed by atoms with E-state index < -0.39 is 6.10 Å². The summed E-state index contributed by atoms with van der Waals surface area (Å²) in [4.78, 5) is 0. The molecule has 0 aliphatic heterocycles. The summed E-state index contributed by atoms with van der Waals surface area (Å²) in [6, 6.07) is 5.09. The highest BCUT2D eigenvalue weighted by molar-refractivity contribution is 9.10. The average Bonchev–Trinajstić information content (AvgIpc) is 2.48. The number of aliphatic hydroxyl groups is 1. The minimum atomic E-state index is -0.688. The van der Waals surface area contributed by atoms with Gasteiger partial charge in [0, 0.05) is 5.56 Å². The molecule has 0 spiro atoms. The van der Waals surface area contributed by atoms with Gasteiger partial charge in [0.25, 0.3) is 0 Å². The first-order valence-corrected chi connectivity index (χ1v) is 9.08. The molecular weight excluding hydrogens is 331 g/mol. The van der Waals surface area contributed by atoms with Crippen molar-refractivity contribution in [2.24, 2.45) is 0 Å². The van der Waals surface area contributed by atoms with Gasteiger partial charge in [-0.25, -0.2) is 4.39 Å². The first kappa shape index (κ1) is 18.6. The number of halogens is 2. The zero-order valence-electron chi connectivity index (χ0n) is 13.1. The molecule has 0 saturated heterocycles. The van der Waals surface area contributed by atoms with Crippen molar-refractivity contribution in [3.8, 4) is 0 Å². The maximum absolute atomic E-state index is 13.8. The predicted molar refractivity (Wildman–Crippen MR) is 90.9 cm³/mol. The molecule has 0 aliphatic carbocycles. The van der Waals surface area contributed by atoms with Crippen LogP contribution in [0.25, 0.3) is 0 Å². The van der Waals surface area contributed by atoms with Crippen LogP contribution in [-0.4, -0.2) is 5.11 Å². The van der Waals surface area contributed by atoms with E-state index in [0.29, 0.717) is 16.5 Å². The number of hydrogen-bond acceptors (Lipinski definition) is 1. The number of unbranched alkanes of at least 4 members (excludes halogenated alkanes) is 8. The fourth-order valence-electron chi connectivity index (χ4n) is 2.58. The third kappa shape index (κ3) is 7.42. The average molecular weight is 359 g/mol. The van der Waals surface area contributed by atoms with Gasteiger partial charge in [-0.1, -0.05) is 76.8 Å². The van der Waals surface area contributed by atoms with Crippen LogP contribution in [0.15, 0.2) is 22.7 Å². The van der Waals surface area contributed by atoms with Gasteiger partial charge in [0.05, 0.1) is 10.6 Å². The molecule has 0 radical (unpaired) electrons. The van der Waals surface area contributed by atoms with E-state index in [-0.39, 0.29) is 5.82 Å². The molecule has 0 aliphatic rings. The molecule has 21 heavy (non-hydrogen) atoms. The summed E-state index contributed by atoms with van der Waals surface area (Å²) in [7, 11) is 0. The Morgan fingerprint density at radius 3 is 2.19 bits per heavy atom. The zero-order valence-corrected chi connectivity index (χ0v) is 14.7. The van der Waals surface area contributed by atoms with E-state index >= 15 is 0 Å². The maximum atomic E-state index is 13.8. The van der Waals surface area contributed by atoms with Crippen molar-refractivity contribution < 1.29 is 9.50 Å². The van der Waals surface area contributed by atoms with E-state index in [1.807, 2.05) is 0 Å². The second kappa shape index (κ2) is 11.2. The molecule has 0 heterocycles. The highest BCUT2D eigenvalue weighted by atomic mass is 79.9. The molecule has 1 rings (SSSR count). The Hall–Kier alpha value is -0.410. The number of hydrogen-bond donors (Lipinski definition) is 1. The van der Waals surface area contributed by atoms with Gasteiger partial charge in [0.1, 0.15) is 5.82 Å². The predicted octanol–water partition coefficient (Wildman–Crippen LogP) is 6.54. The second-order valence-electron chi connectivity index (χ2n) is 5.78. The van der Waals surface area contributed by atoms with E-state index in [4.69, 9.17) is 0 Å². The van der Waals surface area contributed by atoms with Gasteiger partial charge in [-0.2, -0.15) is 0 Å². The smallest absolute Gasteiger partial charge is 0.143 e. The molecule has 1 nitrogen and oxygen atoms in total. The molecule has 1 aromatic rings. The Morgan fingerprint density at radius 2 is 1.57 bits per heavy atom. The highest BCUT2D eigenvalue weighted by Gasteiger charge is 2.14. The van der Waals surface area contributed by atoms with Gasteiger partial charge < -0.3 is 5.11 Å². The summed E-state index contributed by atoms with van der Waals surface area (Å²) in [5.74, 6) is -0.332. The van der Waals surface area contributed by atoms with Crippen LogP contribution in [-0.2, 0) is 0 Å². The van der Waals surface area contributed by atoms with Crippen molar-refractivity contribution in [1.82, 2.24) is 0 Å². The fourth-order valence-corrected chi connectivity index (χ4v) is 2.96. The van der Waals surface area contributed by atoms with Crippen molar-refractivity contribution in [2.75, 3.05) is 0 Å². The topological polar surface area (TPSA) is 20.2 Å². The number of rotatable bonds is 11. The van der Waals surface area contributed by atoms with Gasteiger partial charge in [0.15, 0.2) is 0 Å². The van der Waals surface area contributed by atoms with Crippen molar-refractivity contribution in [2.45, 2.75) is 77.2 Å². The van der Waals surface area contributed by atoms with Gasteiger partial charge >= 0.3 is 0 Å². The van der Waals surface area contributed by atoms with E-state index in [2.05, 4.69) is 22.9 Å². The van der Waals surface area contributed by atoms with Crippen LogP contribution in [0, 0.1) is 5.82 Å². The van der Waals surface area contributed by atoms with Gasteiger partial charge in [-0.3, -0.25) is 0 Å². The van der Waals surface area contributed by atoms with E-state index in [0.717, 1.165) is 12.8 Å². The summed E-state index contributed by atoms with van der Waals surface area (Å²) >= 11 is 3.16. The Kier molecular flexibility index (Phi) is 9.94. The van der Waals surface area contributed by atoms with Crippen LogP contribution in [0.5, 0.6) is 0 Å². The van der Waals surface area contributed by atoms with Crippen molar-refractivity contribution in [3.05, 3.63) is 34.1 Å². The molecular formula is C18H28BrFO. The first-order chi connectivity index (χ1) is 10.2. The number of benzene rings is 1. The number of aliphatic hydroxyl groups excluding tert-OH is 1. The minimum Gasteiger partial charge on any atom is -0.388 e. The van der Waals surface area contributed by atoms with Crippen LogP contribution in [0.1, 0.15) is 82.8 Å². The van der Waals surface area contributed by atoms with Crippen molar-refractivity contribution in [3.63, 3.8) is 0 Å². The van der Waals surface area contributed by atoms with Crippen LogP contribution >= 0.6 is 15.9 Å². The molecule has 0 amide bonds. The fraction of sp³-hybridized carbons (Fsp3) is 0.667. The van der Waals surface area contributed by atoms with Crippen LogP contribution in [0.4, 0.5) is 4.39 Å². The Labute approximate surface area is 137 Å². The monoisotopic (exact) mass is 358 g/mol. The SMILES string of the molecule is CCCCCCCCCCCC(O)c1cccc(Br)c1F. The first-order valence-electron chi connectivity index (χ1n) is 8.28. The lowest BCUT2D eigenvalue weighted by atomic mass is 10.0. The molecule has 0 aromatic heterocycles.